The number of aromatic amines is 1. The highest BCUT2D eigenvalue weighted by Crippen LogP contribution is 2.38. The molecule has 1 aromatic carbocycles. The van der Waals surface area contributed by atoms with Gasteiger partial charge in [-0.3, -0.25) is 10.1 Å². The topological polar surface area (TPSA) is 108 Å². The molecule has 0 bridgehead atoms. The third kappa shape index (κ3) is 4.61. The third-order valence-electron chi connectivity index (χ3n) is 3.07. The van der Waals surface area contributed by atoms with Crippen molar-refractivity contribution >= 4 is 24.1 Å². The Bertz CT molecular complexity index is 922. The fraction of sp³-hybridized carbons (Fsp3) is 0.357. The van der Waals surface area contributed by atoms with Gasteiger partial charge in [-0.05, 0) is 32.1 Å². The van der Waals surface area contributed by atoms with Crippen LogP contribution in [0.2, 0.25) is 0 Å². The molecule has 2 aromatic rings. The molecule has 0 amide bonds. The van der Waals surface area contributed by atoms with Crippen molar-refractivity contribution < 1.29 is 27.6 Å². The molecule has 146 valence electrons. The van der Waals surface area contributed by atoms with Crippen molar-refractivity contribution in [3.8, 4) is 11.5 Å². The standard InChI is InChI=1S/C14H14F3N5O4S/c1-3-25-10-6-8(5-9(22(23)24)11(10)26-4-2)7-18-21-12(14(15,16)17)19-20-13(21)27/h5-7H,3-4H2,1-2H3,(H,20,27)/b18-7-. The summed E-state index contributed by atoms with van der Waals surface area (Å²) in [5, 5.41) is 20.0. The average Bonchev–Trinajstić information content (AvgIpc) is 2.96. The summed E-state index contributed by atoms with van der Waals surface area (Å²) in [7, 11) is 0. The zero-order chi connectivity index (χ0) is 20.2. The lowest BCUT2D eigenvalue weighted by molar-refractivity contribution is -0.385. The highest BCUT2D eigenvalue weighted by Gasteiger charge is 2.37. The maximum atomic E-state index is 12.9. The summed E-state index contributed by atoms with van der Waals surface area (Å²) in [5.41, 5.74) is -0.291. The van der Waals surface area contributed by atoms with Gasteiger partial charge in [0.05, 0.1) is 24.4 Å². The van der Waals surface area contributed by atoms with Crippen LogP contribution in [0.15, 0.2) is 17.2 Å². The van der Waals surface area contributed by atoms with E-state index in [1.165, 1.54) is 6.07 Å². The molecule has 1 heterocycles. The largest absolute Gasteiger partial charge is 0.490 e. The van der Waals surface area contributed by atoms with Gasteiger partial charge in [-0.15, -0.1) is 5.10 Å². The number of nitrogens with zero attached hydrogens (tertiary/aromatic N) is 4. The van der Waals surface area contributed by atoms with Gasteiger partial charge in [0.25, 0.3) is 5.82 Å². The molecule has 0 radical (unpaired) electrons. The second-order valence-electron chi connectivity index (χ2n) is 4.90. The van der Waals surface area contributed by atoms with E-state index in [9.17, 15) is 23.3 Å². The minimum absolute atomic E-state index is 0.0711. The highest BCUT2D eigenvalue weighted by atomic mass is 32.1. The van der Waals surface area contributed by atoms with Gasteiger partial charge in [-0.1, -0.05) is 0 Å². The van der Waals surface area contributed by atoms with Gasteiger partial charge in [0, 0.05) is 11.6 Å². The summed E-state index contributed by atoms with van der Waals surface area (Å²) in [6.07, 6.45) is -3.81. The molecule has 27 heavy (non-hydrogen) atoms. The molecule has 1 aromatic heterocycles. The van der Waals surface area contributed by atoms with Crippen LogP contribution in [0, 0.1) is 14.9 Å². The minimum atomic E-state index is -4.79. The Balaban J connectivity index is 2.54. The fourth-order valence-corrected chi connectivity index (χ4v) is 2.26. The molecule has 0 spiro atoms. The Morgan fingerprint density at radius 1 is 1.37 bits per heavy atom. The highest BCUT2D eigenvalue weighted by molar-refractivity contribution is 7.71. The smallest absolute Gasteiger partial charge is 0.453 e. The molecular formula is C14H14F3N5O4S. The van der Waals surface area contributed by atoms with Crippen molar-refractivity contribution in [3.05, 3.63) is 38.4 Å². The van der Waals surface area contributed by atoms with Crippen LogP contribution in [-0.2, 0) is 6.18 Å². The van der Waals surface area contributed by atoms with Gasteiger partial charge in [-0.2, -0.15) is 22.9 Å². The van der Waals surface area contributed by atoms with Crippen molar-refractivity contribution in [2.24, 2.45) is 5.10 Å². The predicted molar refractivity (Wildman–Crippen MR) is 90.8 cm³/mol. The van der Waals surface area contributed by atoms with E-state index in [0.29, 0.717) is 4.68 Å². The molecule has 1 N–H and O–H groups in total. The maximum Gasteiger partial charge on any atom is 0.453 e. The summed E-state index contributed by atoms with van der Waals surface area (Å²) >= 11 is 4.73. The summed E-state index contributed by atoms with van der Waals surface area (Å²) in [4.78, 5) is 10.6. The van der Waals surface area contributed by atoms with Gasteiger partial charge < -0.3 is 9.47 Å². The first-order valence-electron chi connectivity index (χ1n) is 7.56. The molecule has 0 aliphatic heterocycles. The third-order valence-corrected chi connectivity index (χ3v) is 3.33. The summed E-state index contributed by atoms with van der Waals surface area (Å²) in [6.45, 7) is 3.67. The van der Waals surface area contributed by atoms with Crippen molar-refractivity contribution in [2.75, 3.05) is 13.2 Å². The number of alkyl halides is 3. The van der Waals surface area contributed by atoms with Gasteiger partial charge in [-0.25, -0.2) is 5.10 Å². The molecule has 0 saturated heterocycles. The predicted octanol–water partition coefficient (Wildman–Crippen LogP) is 3.55. The van der Waals surface area contributed by atoms with Crippen LogP contribution in [0.25, 0.3) is 0 Å². The van der Waals surface area contributed by atoms with Gasteiger partial charge >= 0.3 is 11.9 Å². The van der Waals surface area contributed by atoms with E-state index in [1.54, 1.807) is 13.8 Å². The van der Waals surface area contributed by atoms with Gasteiger partial charge in [0.2, 0.25) is 10.5 Å². The van der Waals surface area contributed by atoms with E-state index in [-0.39, 0.29) is 35.0 Å². The van der Waals surface area contributed by atoms with Crippen LogP contribution in [0.1, 0.15) is 25.2 Å². The fourth-order valence-electron chi connectivity index (χ4n) is 2.08. The number of nitrogens with one attached hydrogen (secondary N) is 1. The summed E-state index contributed by atoms with van der Waals surface area (Å²) in [5.74, 6) is -1.35. The molecule has 0 aliphatic carbocycles. The average molecular weight is 405 g/mol. The number of nitro groups is 1. The van der Waals surface area contributed by atoms with Crippen LogP contribution in [-0.4, -0.2) is 39.2 Å². The molecule has 0 saturated carbocycles. The first-order valence-corrected chi connectivity index (χ1v) is 7.96. The number of rotatable bonds is 7. The van der Waals surface area contributed by atoms with E-state index < -0.39 is 22.6 Å². The number of halogens is 3. The van der Waals surface area contributed by atoms with Crippen molar-refractivity contribution in [2.45, 2.75) is 20.0 Å². The molecule has 0 fully saturated rings. The van der Waals surface area contributed by atoms with E-state index >= 15 is 0 Å². The van der Waals surface area contributed by atoms with Crippen molar-refractivity contribution in [1.82, 2.24) is 14.9 Å². The second kappa shape index (κ2) is 8.16. The Labute approximate surface area is 155 Å². The van der Waals surface area contributed by atoms with Gasteiger partial charge in [0.15, 0.2) is 5.75 Å². The first kappa shape index (κ1) is 20.4. The Kier molecular flexibility index (Phi) is 6.15. The molecule has 0 atom stereocenters. The van der Waals surface area contributed by atoms with Crippen LogP contribution in [0.4, 0.5) is 18.9 Å². The Morgan fingerprint density at radius 2 is 2.04 bits per heavy atom. The lowest BCUT2D eigenvalue weighted by atomic mass is 10.2. The molecule has 2 rings (SSSR count). The monoisotopic (exact) mass is 405 g/mol. The number of ether oxygens (including phenoxy) is 2. The maximum absolute atomic E-state index is 12.9. The molecular weight excluding hydrogens is 391 g/mol. The summed E-state index contributed by atoms with van der Waals surface area (Å²) in [6, 6.07) is 2.47. The zero-order valence-electron chi connectivity index (χ0n) is 14.1. The van der Waals surface area contributed by atoms with Crippen LogP contribution in [0.5, 0.6) is 11.5 Å². The Morgan fingerprint density at radius 3 is 2.59 bits per heavy atom. The lowest BCUT2D eigenvalue weighted by Crippen LogP contribution is -2.12. The first-order chi connectivity index (χ1) is 12.7. The number of hydrogen-bond donors (Lipinski definition) is 1. The van der Waals surface area contributed by atoms with Crippen LogP contribution in [0.3, 0.4) is 0 Å². The quantitative estimate of drug-likeness (QED) is 0.327. The molecule has 13 heteroatoms. The molecule has 9 nitrogen and oxygen atoms in total. The Hall–Kier alpha value is -2.96. The number of aromatic nitrogens is 3. The second-order valence-corrected chi connectivity index (χ2v) is 5.28. The minimum Gasteiger partial charge on any atom is -0.490 e. The van der Waals surface area contributed by atoms with Crippen LogP contribution < -0.4 is 9.47 Å². The SMILES string of the molecule is CCOc1cc(/C=N\n2c(C(F)(F)F)n[nH]c2=S)cc([N+](=O)[O-])c1OCC. The van der Waals surface area contributed by atoms with Crippen LogP contribution >= 0.6 is 12.2 Å². The van der Waals surface area contributed by atoms with Crippen molar-refractivity contribution in [3.63, 3.8) is 0 Å². The molecule has 0 aliphatic rings. The van der Waals surface area contributed by atoms with E-state index in [2.05, 4.69) is 10.2 Å². The lowest BCUT2D eigenvalue weighted by Gasteiger charge is -2.11. The van der Waals surface area contributed by atoms with E-state index in [0.717, 1.165) is 12.3 Å². The normalized spacial score (nSPS) is 11.7. The van der Waals surface area contributed by atoms with E-state index in [4.69, 9.17) is 21.7 Å². The number of benzene rings is 1. The molecule has 0 unspecified atom stereocenters. The zero-order valence-corrected chi connectivity index (χ0v) is 14.9. The van der Waals surface area contributed by atoms with Crippen molar-refractivity contribution in [1.29, 1.82) is 0 Å². The number of H-pyrrole nitrogens is 1. The summed E-state index contributed by atoms with van der Waals surface area (Å²) < 4.78 is 49.3. The van der Waals surface area contributed by atoms with E-state index in [1.807, 2.05) is 5.10 Å². The number of hydrogen-bond acceptors (Lipinski definition) is 7. The number of nitro benzene ring substituents is 1. The van der Waals surface area contributed by atoms with Gasteiger partial charge in [0.1, 0.15) is 0 Å².